The van der Waals surface area contributed by atoms with Crippen LogP contribution in [0.15, 0.2) is 25.0 Å². The van der Waals surface area contributed by atoms with Gasteiger partial charge in [-0.25, -0.2) is 0 Å². The van der Waals surface area contributed by atoms with Crippen LogP contribution in [0.4, 0.5) is 0 Å². The highest BCUT2D eigenvalue weighted by Crippen LogP contribution is 1.90. The van der Waals surface area contributed by atoms with Crippen molar-refractivity contribution in [1.29, 1.82) is 0 Å². The van der Waals surface area contributed by atoms with E-state index in [0.717, 1.165) is 0 Å². The SMILES string of the molecule is C=COCCC(=O)C=CC(=O)CC. The lowest BCUT2D eigenvalue weighted by Gasteiger charge is -1.95. The molecule has 0 aliphatic carbocycles. The quantitative estimate of drug-likeness (QED) is 0.341. The fourth-order valence-electron chi connectivity index (χ4n) is 0.630. The molecule has 3 heteroatoms. The summed E-state index contributed by atoms with van der Waals surface area (Å²) in [6.45, 7) is 5.40. The van der Waals surface area contributed by atoms with Crippen LogP contribution in [0.25, 0.3) is 0 Å². The molecule has 0 saturated heterocycles. The summed E-state index contributed by atoms with van der Waals surface area (Å²) in [5.41, 5.74) is 0. The van der Waals surface area contributed by atoms with E-state index >= 15 is 0 Å². The molecule has 13 heavy (non-hydrogen) atoms. The Labute approximate surface area is 78.1 Å². The molecule has 0 atom stereocenters. The zero-order valence-corrected chi connectivity index (χ0v) is 7.79. The van der Waals surface area contributed by atoms with E-state index in [-0.39, 0.29) is 18.0 Å². The van der Waals surface area contributed by atoms with E-state index in [0.29, 0.717) is 13.0 Å². The molecule has 0 heterocycles. The van der Waals surface area contributed by atoms with Gasteiger partial charge in [0.05, 0.1) is 12.9 Å². The molecule has 0 spiro atoms. The molecule has 0 saturated carbocycles. The Balaban J connectivity index is 3.67. The zero-order valence-electron chi connectivity index (χ0n) is 7.79. The van der Waals surface area contributed by atoms with E-state index < -0.39 is 0 Å². The van der Waals surface area contributed by atoms with Crippen LogP contribution in [0, 0.1) is 0 Å². The Morgan fingerprint density at radius 2 is 1.92 bits per heavy atom. The molecule has 0 fully saturated rings. The first kappa shape index (κ1) is 11.6. The molecule has 0 aromatic heterocycles. The molecule has 0 radical (unpaired) electrons. The second-order valence-electron chi connectivity index (χ2n) is 2.41. The maximum atomic E-state index is 11.0. The molecule has 72 valence electrons. The minimum atomic E-state index is -0.108. The Kier molecular flexibility index (Phi) is 6.51. The highest BCUT2D eigenvalue weighted by molar-refractivity contribution is 5.98. The number of hydrogen-bond donors (Lipinski definition) is 0. The number of hydrogen-bond acceptors (Lipinski definition) is 3. The smallest absolute Gasteiger partial charge is 0.159 e. The Morgan fingerprint density at radius 1 is 1.31 bits per heavy atom. The van der Waals surface area contributed by atoms with Crippen LogP contribution in [-0.4, -0.2) is 18.2 Å². The third-order valence-corrected chi connectivity index (χ3v) is 1.39. The predicted molar refractivity (Wildman–Crippen MR) is 50.2 cm³/mol. The van der Waals surface area contributed by atoms with Crippen molar-refractivity contribution < 1.29 is 14.3 Å². The average molecular weight is 182 g/mol. The van der Waals surface area contributed by atoms with Crippen LogP contribution in [0.1, 0.15) is 19.8 Å². The molecule has 0 N–H and O–H groups in total. The number of carbonyl (C=O) groups excluding carboxylic acids is 2. The van der Waals surface area contributed by atoms with Gasteiger partial charge in [0.2, 0.25) is 0 Å². The van der Waals surface area contributed by atoms with Crippen molar-refractivity contribution in [2.45, 2.75) is 19.8 Å². The Bertz CT molecular complexity index is 216. The van der Waals surface area contributed by atoms with Crippen LogP contribution < -0.4 is 0 Å². The maximum Gasteiger partial charge on any atom is 0.159 e. The van der Waals surface area contributed by atoms with Crippen molar-refractivity contribution in [2.24, 2.45) is 0 Å². The molecular formula is C10H14O3. The topological polar surface area (TPSA) is 43.4 Å². The molecule has 0 unspecified atom stereocenters. The van der Waals surface area contributed by atoms with Crippen LogP contribution in [0.5, 0.6) is 0 Å². The lowest BCUT2D eigenvalue weighted by Crippen LogP contribution is -1.99. The molecular weight excluding hydrogens is 168 g/mol. The van der Waals surface area contributed by atoms with Gasteiger partial charge >= 0.3 is 0 Å². The first-order valence-corrected chi connectivity index (χ1v) is 4.17. The van der Waals surface area contributed by atoms with Gasteiger partial charge in [-0.05, 0) is 12.2 Å². The molecule has 3 nitrogen and oxygen atoms in total. The standard InChI is InChI=1S/C10H14O3/c1-3-9(11)5-6-10(12)7-8-13-4-2/h4-6H,2-3,7-8H2,1H3. The lowest BCUT2D eigenvalue weighted by molar-refractivity contribution is -0.117. The van der Waals surface area contributed by atoms with Gasteiger partial charge in [-0.3, -0.25) is 9.59 Å². The van der Waals surface area contributed by atoms with Gasteiger partial charge in [0, 0.05) is 12.8 Å². The van der Waals surface area contributed by atoms with Gasteiger partial charge in [0.25, 0.3) is 0 Å². The average Bonchev–Trinajstić information content (AvgIpc) is 2.14. The number of ketones is 2. The zero-order chi connectivity index (χ0) is 10.1. The van der Waals surface area contributed by atoms with E-state index in [1.165, 1.54) is 18.4 Å². The summed E-state index contributed by atoms with van der Waals surface area (Å²) in [6.07, 6.45) is 4.58. The minimum Gasteiger partial charge on any atom is -0.501 e. The van der Waals surface area contributed by atoms with Crippen LogP contribution in [-0.2, 0) is 14.3 Å². The molecule has 0 bridgehead atoms. The highest BCUT2D eigenvalue weighted by Gasteiger charge is 1.97. The van der Waals surface area contributed by atoms with Gasteiger partial charge < -0.3 is 4.74 Å². The number of ether oxygens (including phenoxy) is 1. The molecule has 0 aromatic rings. The monoisotopic (exact) mass is 182 g/mol. The van der Waals surface area contributed by atoms with Crippen molar-refractivity contribution in [2.75, 3.05) is 6.61 Å². The van der Waals surface area contributed by atoms with Crippen LogP contribution in [0.3, 0.4) is 0 Å². The minimum absolute atomic E-state index is 0.0435. The van der Waals surface area contributed by atoms with Gasteiger partial charge in [0.1, 0.15) is 0 Å². The van der Waals surface area contributed by atoms with E-state index in [1.807, 2.05) is 0 Å². The van der Waals surface area contributed by atoms with E-state index in [4.69, 9.17) is 4.74 Å². The first-order valence-electron chi connectivity index (χ1n) is 4.17. The predicted octanol–water partition coefficient (Wildman–Crippen LogP) is 1.64. The van der Waals surface area contributed by atoms with Crippen molar-refractivity contribution in [1.82, 2.24) is 0 Å². The number of rotatable bonds is 7. The largest absolute Gasteiger partial charge is 0.501 e. The highest BCUT2D eigenvalue weighted by atomic mass is 16.5. The Morgan fingerprint density at radius 3 is 2.46 bits per heavy atom. The number of carbonyl (C=O) groups is 2. The van der Waals surface area contributed by atoms with E-state index in [2.05, 4.69) is 6.58 Å². The van der Waals surface area contributed by atoms with Crippen molar-refractivity contribution >= 4 is 11.6 Å². The summed E-state index contributed by atoms with van der Waals surface area (Å²) >= 11 is 0. The van der Waals surface area contributed by atoms with Gasteiger partial charge in [0.15, 0.2) is 11.6 Å². The fourth-order valence-corrected chi connectivity index (χ4v) is 0.630. The van der Waals surface area contributed by atoms with Crippen molar-refractivity contribution in [3.05, 3.63) is 25.0 Å². The van der Waals surface area contributed by atoms with Crippen LogP contribution in [0.2, 0.25) is 0 Å². The third kappa shape index (κ3) is 7.00. The summed E-state index contributed by atoms with van der Waals surface area (Å²) < 4.78 is 4.76. The molecule has 0 amide bonds. The fraction of sp³-hybridized carbons (Fsp3) is 0.400. The molecule has 0 aliphatic heterocycles. The van der Waals surface area contributed by atoms with Crippen molar-refractivity contribution in [3.63, 3.8) is 0 Å². The normalized spacial score (nSPS) is 9.92. The van der Waals surface area contributed by atoms with Gasteiger partial charge in [-0.2, -0.15) is 0 Å². The summed E-state index contributed by atoms with van der Waals surface area (Å²) in [5.74, 6) is -0.151. The summed E-state index contributed by atoms with van der Waals surface area (Å²) in [5, 5.41) is 0. The lowest BCUT2D eigenvalue weighted by atomic mass is 10.2. The van der Waals surface area contributed by atoms with Crippen molar-refractivity contribution in [3.8, 4) is 0 Å². The summed E-state index contributed by atoms with van der Waals surface area (Å²) in [6, 6.07) is 0. The van der Waals surface area contributed by atoms with Gasteiger partial charge in [-0.15, -0.1) is 0 Å². The molecule has 0 rings (SSSR count). The second kappa shape index (κ2) is 7.28. The molecule has 0 aromatic carbocycles. The summed E-state index contributed by atoms with van der Waals surface area (Å²) in [4.78, 5) is 21.7. The number of allylic oxidation sites excluding steroid dienone is 2. The maximum absolute atomic E-state index is 11.0. The second-order valence-corrected chi connectivity index (χ2v) is 2.41. The van der Waals surface area contributed by atoms with Gasteiger partial charge in [-0.1, -0.05) is 13.5 Å². The van der Waals surface area contributed by atoms with E-state index in [9.17, 15) is 9.59 Å². The van der Waals surface area contributed by atoms with Crippen LogP contribution >= 0.6 is 0 Å². The molecule has 0 aliphatic rings. The first-order chi connectivity index (χ1) is 6.20. The Hall–Kier alpha value is -1.38. The van der Waals surface area contributed by atoms with E-state index in [1.54, 1.807) is 6.92 Å². The summed E-state index contributed by atoms with van der Waals surface area (Å²) in [7, 11) is 0. The third-order valence-electron chi connectivity index (χ3n) is 1.39.